The normalized spacial score (nSPS) is 13.9. The van der Waals surface area contributed by atoms with Gasteiger partial charge in [-0.3, -0.25) is 9.69 Å². The molecule has 0 bridgehead atoms. The number of alkyl halides is 3. The third-order valence-corrected chi connectivity index (χ3v) is 4.07. The highest BCUT2D eigenvalue weighted by molar-refractivity contribution is 5.89. The first-order valence-electron chi connectivity index (χ1n) is 9.12. The van der Waals surface area contributed by atoms with Crippen molar-refractivity contribution in [3.63, 3.8) is 0 Å². The van der Waals surface area contributed by atoms with Crippen LogP contribution in [0.1, 0.15) is 41.6 Å². The van der Waals surface area contributed by atoms with Crippen LogP contribution in [0.15, 0.2) is 22.6 Å². The fraction of sp³-hybridized carbons (Fsp3) is 0.421. The van der Waals surface area contributed by atoms with Crippen molar-refractivity contribution in [3.05, 3.63) is 52.7 Å². The fourth-order valence-electron chi connectivity index (χ4n) is 2.70. The second-order valence-corrected chi connectivity index (χ2v) is 7.02. The molecule has 1 aliphatic rings. The van der Waals surface area contributed by atoms with Gasteiger partial charge in [0.25, 0.3) is 5.89 Å². The molecule has 2 aromatic rings. The first-order chi connectivity index (χ1) is 14.4. The number of carboxylic acids is 1. The van der Waals surface area contributed by atoms with Gasteiger partial charge in [0, 0.05) is 43.7 Å². The number of fused-ring (bicyclic) bond motifs is 1. The molecule has 0 aliphatic carbocycles. The Labute approximate surface area is 173 Å². The molecular weight excluding hydrogens is 429 g/mol. The summed E-state index contributed by atoms with van der Waals surface area (Å²) in [7, 11) is 0. The molecule has 0 saturated heterocycles. The summed E-state index contributed by atoms with van der Waals surface area (Å²) in [6.07, 6.45) is -4.49. The Morgan fingerprint density at radius 1 is 1.29 bits per heavy atom. The van der Waals surface area contributed by atoms with Crippen molar-refractivity contribution < 1.29 is 41.1 Å². The molecule has 0 unspecified atom stereocenters. The SMILES string of the molecule is CC(C)NC(=O)c1nc2c(o1)CCN(Cc1ccc(F)cc1F)C2.O=C(O)C(F)(F)F. The molecule has 3 rings (SSSR count). The lowest BCUT2D eigenvalue weighted by atomic mass is 10.1. The third kappa shape index (κ3) is 7.02. The number of nitrogens with one attached hydrogen (secondary N) is 1. The van der Waals surface area contributed by atoms with Gasteiger partial charge in [0.1, 0.15) is 17.4 Å². The Bertz CT molecular complexity index is 943. The van der Waals surface area contributed by atoms with E-state index in [2.05, 4.69) is 10.3 Å². The van der Waals surface area contributed by atoms with Crippen LogP contribution in [0.2, 0.25) is 0 Å². The zero-order valence-corrected chi connectivity index (χ0v) is 16.6. The van der Waals surface area contributed by atoms with Gasteiger partial charge in [-0.1, -0.05) is 6.07 Å². The van der Waals surface area contributed by atoms with Gasteiger partial charge in [-0.15, -0.1) is 0 Å². The minimum absolute atomic E-state index is 0.000576. The van der Waals surface area contributed by atoms with Gasteiger partial charge in [-0.25, -0.2) is 18.6 Å². The number of nitrogens with zero attached hydrogens (tertiary/aromatic N) is 2. The molecule has 0 saturated carbocycles. The number of aliphatic carboxylic acids is 1. The van der Waals surface area contributed by atoms with E-state index >= 15 is 0 Å². The summed E-state index contributed by atoms with van der Waals surface area (Å²) >= 11 is 0. The van der Waals surface area contributed by atoms with Crippen molar-refractivity contribution in [3.8, 4) is 0 Å². The molecule has 0 spiro atoms. The van der Waals surface area contributed by atoms with E-state index in [1.165, 1.54) is 12.1 Å². The average molecular weight is 449 g/mol. The minimum Gasteiger partial charge on any atom is -0.475 e. The van der Waals surface area contributed by atoms with Crippen LogP contribution >= 0.6 is 0 Å². The Kier molecular flexibility index (Phi) is 7.71. The first-order valence-corrected chi connectivity index (χ1v) is 9.12. The highest BCUT2D eigenvalue weighted by Crippen LogP contribution is 2.22. The molecule has 170 valence electrons. The molecule has 0 fully saturated rings. The zero-order chi connectivity index (χ0) is 23.3. The van der Waals surface area contributed by atoms with Crippen LogP contribution in [0.3, 0.4) is 0 Å². The van der Waals surface area contributed by atoms with Crippen molar-refractivity contribution in [2.75, 3.05) is 6.54 Å². The van der Waals surface area contributed by atoms with E-state index in [0.29, 0.717) is 43.1 Å². The lowest BCUT2D eigenvalue weighted by Crippen LogP contribution is -2.30. The van der Waals surface area contributed by atoms with Crippen LogP contribution in [0.25, 0.3) is 0 Å². The Hall–Kier alpha value is -3.02. The standard InChI is InChI=1S/C17H19F2N3O2.C2HF3O2/c1-10(2)20-16(23)17-21-14-9-22(6-5-15(14)24-17)8-11-3-4-12(18)7-13(11)19;3-2(4,5)1(6)7/h3-4,7,10H,5-6,8-9H2,1-2H3,(H,20,23);(H,6,7). The summed E-state index contributed by atoms with van der Waals surface area (Å²) in [5, 5.41) is 9.86. The minimum atomic E-state index is -5.08. The van der Waals surface area contributed by atoms with Gasteiger partial charge in [0.2, 0.25) is 0 Å². The van der Waals surface area contributed by atoms with E-state index in [-0.39, 0.29) is 17.8 Å². The van der Waals surface area contributed by atoms with E-state index in [0.717, 1.165) is 6.07 Å². The molecule has 0 radical (unpaired) electrons. The average Bonchev–Trinajstić information content (AvgIpc) is 3.07. The Morgan fingerprint density at radius 3 is 2.48 bits per heavy atom. The number of carboxylic acid groups (broad SMARTS) is 1. The van der Waals surface area contributed by atoms with Crippen LogP contribution in [0.5, 0.6) is 0 Å². The number of amides is 1. The van der Waals surface area contributed by atoms with Gasteiger partial charge >= 0.3 is 18.1 Å². The molecule has 0 atom stereocenters. The van der Waals surface area contributed by atoms with E-state index in [1.807, 2.05) is 18.7 Å². The number of carbonyl (C=O) groups is 2. The van der Waals surface area contributed by atoms with E-state index in [1.54, 1.807) is 0 Å². The summed E-state index contributed by atoms with van der Waals surface area (Å²) in [5.74, 6) is -3.49. The van der Waals surface area contributed by atoms with Crippen LogP contribution in [-0.4, -0.2) is 45.6 Å². The summed E-state index contributed by atoms with van der Waals surface area (Å²) < 4.78 is 64.0. The third-order valence-electron chi connectivity index (χ3n) is 4.07. The first kappa shape index (κ1) is 24.3. The van der Waals surface area contributed by atoms with Gasteiger partial charge in [-0.05, 0) is 19.9 Å². The monoisotopic (exact) mass is 449 g/mol. The number of aromatic nitrogens is 1. The van der Waals surface area contributed by atoms with Crippen LogP contribution < -0.4 is 5.32 Å². The number of hydrogen-bond acceptors (Lipinski definition) is 5. The number of halogens is 5. The molecule has 12 heteroatoms. The number of rotatable bonds is 4. The van der Waals surface area contributed by atoms with Crippen LogP contribution in [0, 0.1) is 11.6 Å². The molecule has 1 aliphatic heterocycles. The molecule has 2 N–H and O–H groups in total. The van der Waals surface area contributed by atoms with E-state index < -0.39 is 23.8 Å². The van der Waals surface area contributed by atoms with Gasteiger partial charge in [0.05, 0.1) is 5.69 Å². The van der Waals surface area contributed by atoms with E-state index in [4.69, 9.17) is 14.3 Å². The number of carbonyl (C=O) groups excluding carboxylic acids is 1. The number of hydrogen-bond donors (Lipinski definition) is 2. The van der Waals surface area contributed by atoms with Crippen LogP contribution in [-0.2, 0) is 24.3 Å². The van der Waals surface area contributed by atoms with Gasteiger partial charge < -0.3 is 14.8 Å². The number of oxazole rings is 1. The summed E-state index contributed by atoms with van der Waals surface area (Å²) in [5.41, 5.74) is 1.12. The molecule has 1 amide bonds. The van der Waals surface area contributed by atoms with Crippen molar-refractivity contribution >= 4 is 11.9 Å². The maximum atomic E-state index is 13.8. The van der Waals surface area contributed by atoms with Gasteiger partial charge in [-0.2, -0.15) is 13.2 Å². The Balaban J connectivity index is 0.000000423. The smallest absolute Gasteiger partial charge is 0.475 e. The molecule has 7 nitrogen and oxygen atoms in total. The van der Waals surface area contributed by atoms with Gasteiger partial charge in [0.15, 0.2) is 0 Å². The molecule has 2 heterocycles. The predicted octanol–water partition coefficient (Wildman–Crippen LogP) is 3.28. The van der Waals surface area contributed by atoms with Crippen molar-refractivity contribution in [1.29, 1.82) is 0 Å². The predicted molar refractivity (Wildman–Crippen MR) is 97.0 cm³/mol. The Morgan fingerprint density at radius 2 is 1.94 bits per heavy atom. The molecule has 31 heavy (non-hydrogen) atoms. The summed E-state index contributed by atoms with van der Waals surface area (Å²) in [4.78, 5) is 27.1. The maximum Gasteiger partial charge on any atom is 0.490 e. The largest absolute Gasteiger partial charge is 0.490 e. The van der Waals surface area contributed by atoms with Crippen molar-refractivity contribution in [2.45, 2.75) is 45.6 Å². The second kappa shape index (κ2) is 9.86. The summed E-state index contributed by atoms with van der Waals surface area (Å²) in [6, 6.07) is 3.58. The highest BCUT2D eigenvalue weighted by atomic mass is 19.4. The fourth-order valence-corrected chi connectivity index (χ4v) is 2.70. The zero-order valence-electron chi connectivity index (χ0n) is 16.6. The molecule has 1 aromatic carbocycles. The topological polar surface area (TPSA) is 95.7 Å². The number of benzene rings is 1. The van der Waals surface area contributed by atoms with Crippen molar-refractivity contribution in [1.82, 2.24) is 15.2 Å². The van der Waals surface area contributed by atoms with Crippen molar-refractivity contribution in [2.24, 2.45) is 0 Å². The maximum absolute atomic E-state index is 13.8. The van der Waals surface area contributed by atoms with Crippen LogP contribution in [0.4, 0.5) is 22.0 Å². The highest BCUT2D eigenvalue weighted by Gasteiger charge is 2.38. The lowest BCUT2D eigenvalue weighted by molar-refractivity contribution is -0.192. The summed E-state index contributed by atoms with van der Waals surface area (Å²) in [6.45, 7) is 5.19. The lowest BCUT2D eigenvalue weighted by Gasteiger charge is -2.25. The van der Waals surface area contributed by atoms with E-state index in [9.17, 15) is 26.7 Å². The second-order valence-electron chi connectivity index (χ2n) is 7.02. The quantitative estimate of drug-likeness (QED) is 0.696. The molecule has 1 aromatic heterocycles. The molecular formula is C19H20F5N3O4.